The molecule has 1 aliphatic heterocycles. The van der Waals surface area contributed by atoms with Crippen LogP contribution in [0.15, 0.2) is 0 Å². The molecule has 0 bridgehead atoms. The molecule has 2 aliphatic rings. The van der Waals surface area contributed by atoms with Crippen LogP contribution in [0.3, 0.4) is 0 Å². The Morgan fingerprint density at radius 1 is 1.18 bits per heavy atom. The Bertz CT molecular complexity index is 248. The Hall–Kier alpha value is -0.160. The van der Waals surface area contributed by atoms with Gasteiger partial charge in [0.25, 0.3) is 0 Å². The number of hydrogen-bond donors (Lipinski definition) is 2. The van der Waals surface area contributed by atoms with E-state index in [1.54, 1.807) is 0 Å². The van der Waals surface area contributed by atoms with Crippen LogP contribution < -0.4 is 5.73 Å². The number of likely N-dealkylation sites (N-methyl/N-ethyl adjacent to an activating group) is 1. The number of aliphatic hydroxyl groups is 1. The molecule has 100 valence electrons. The molecule has 0 aromatic rings. The first-order valence-electron chi connectivity index (χ1n) is 6.76. The fourth-order valence-corrected chi connectivity index (χ4v) is 3.01. The van der Waals surface area contributed by atoms with E-state index in [2.05, 4.69) is 11.9 Å². The maximum absolute atomic E-state index is 10.4. The standard InChI is InChI=1S/C13H26N2O2/c1-15(10-12(2-3-12)4-7-14)11-13(16)5-8-17-9-6-13/h16H,2-11,14H2,1H3. The van der Waals surface area contributed by atoms with E-state index in [1.807, 2.05) is 0 Å². The van der Waals surface area contributed by atoms with Crippen molar-refractivity contribution in [3.05, 3.63) is 0 Å². The third kappa shape index (κ3) is 3.65. The molecule has 1 saturated heterocycles. The quantitative estimate of drug-likeness (QED) is 0.716. The molecule has 17 heavy (non-hydrogen) atoms. The molecular formula is C13H26N2O2. The van der Waals surface area contributed by atoms with Gasteiger partial charge in [0.2, 0.25) is 0 Å². The van der Waals surface area contributed by atoms with Gasteiger partial charge in [-0.3, -0.25) is 0 Å². The second-order valence-electron chi connectivity index (χ2n) is 6.05. The number of nitrogens with two attached hydrogens (primary N) is 1. The summed E-state index contributed by atoms with van der Waals surface area (Å²) in [5.74, 6) is 0. The van der Waals surface area contributed by atoms with Crippen LogP contribution in [0.25, 0.3) is 0 Å². The van der Waals surface area contributed by atoms with Gasteiger partial charge in [0.15, 0.2) is 0 Å². The molecule has 0 aromatic heterocycles. The maximum Gasteiger partial charge on any atom is 0.0817 e. The molecule has 0 aromatic carbocycles. The van der Waals surface area contributed by atoms with E-state index in [1.165, 1.54) is 12.8 Å². The fraction of sp³-hybridized carbons (Fsp3) is 1.00. The predicted octanol–water partition coefficient (Wildman–Crippen LogP) is 0.589. The van der Waals surface area contributed by atoms with E-state index in [0.29, 0.717) is 18.6 Å². The highest BCUT2D eigenvalue weighted by molar-refractivity contribution is 4.96. The molecule has 1 saturated carbocycles. The smallest absolute Gasteiger partial charge is 0.0817 e. The summed E-state index contributed by atoms with van der Waals surface area (Å²) < 4.78 is 5.30. The molecule has 4 heteroatoms. The third-order valence-corrected chi connectivity index (χ3v) is 4.22. The molecule has 2 fully saturated rings. The summed E-state index contributed by atoms with van der Waals surface area (Å²) in [7, 11) is 2.12. The van der Waals surface area contributed by atoms with Gasteiger partial charge in [-0.15, -0.1) is 0 Å². The zero-order chi connectivity index (χ0) is 12.4. The second kappa shape index (κ2) is 5.22. The number of nitrogens with zero attached hydrogens (tertiary/aromatic N) is 1. The lowest BCUT2D eigenvalue weighted by molar-refractivity contribution is -0.0785. The van der Waals surface area contributed by atoms with Crippen molar-refractivity contribution >= 4 is 0 Å². The van der Waals surface area contributed by atoms with Crippen LogP contribution in [0, 0.1) is 5.41 Å². The van der Waals surface area contributed by atoms with Crippen LogP contribution in [0.1, 0.15) is 32.1 Å². The van der Waals surface area contributed by atoms with Crippen molar-refractivity contribution in [1.29, 1.82) is 0 Å². The van der Waals surface area contributed by atoms with Gasteiger partial charge in [0.1, 0.15) is 0 Å². The number of hydrogen-bond acceptors (Lipinski definition) is 4. The van der Waals surface area contributed by atoms with Crippen LogP contribution in [0.4, 0.5) is 0 Å². The Labute approximate surface area is 104 Å². The lowest BCUT2D eigenvalue weighted by Gasteiger charge is -2.36. The summed E-state index contributed by atoms with van der Waals surface area (Å²) in [5.41, 5.74) is 5.58. The molecule has 0 atom stereocenters. The molecule has 1 heterocycles. The van der Waals surface area contributed by atoms with Gasteiger partial charge >= 0.3 is 0 Å². The molecule has 0 unspecified atom stereocenters. The molecule has 2 rings (SSSR count). The Kier molecular flexibility index (Phi) is 4.08. The molecule has 1 aliphatic carbocycles. The average Bonchev–Trinajstić information content (AvgIpc) is 2.98. The lowest BCUT2D eigenvalue weighted by atomic mass is 9.93. The predicted molar refractivity (Wildman–Crippen MR) is 67.8 cm³/mol. The zero-order valence-corrected chi connectivity index (χ0v) is 11.0. The van der Waals surface area contributed by atoms with Gasteiger partial charge < -0.3 is 20.5 Å². The number of rotatable bonds is 6. The summed E-state index contributed by atoms with van der Waals surface area (Å²) in [6, 6.07) is 0. The van der Waals surface area contributed by atoms with Gasteiger partial charge in [0, 0.05) is 39.1 Å². The highest BCUT2D eigenvalue weighted by atomic mass is 16.5. The van der Waals surface area contributed by atoms with E-state index >= 15 is 0 Å². The normalized spacial score (nSPS) is 26.1. The minimum absolute atomic E-state index is 0.463. The molecular weight excluding hydrogens is 216 g/mol. The highest BCUT2D eigenvalue weighted by Crippen LogP contribution is 2.49. The van der Waals surface area contributed by atoms with Gasteiger partial charge in [-0.05, 0) is 38.3 Å². The first-order valence-corrected chi connectivity index (χ1v) is 6.76. The fourth-order valence-electron chi connectivity index (χ4n) is 3.01. The maximum atomic E-state index is 10.4. The largest absolute Gasteiger partial charge is 0.388 e. The second-order valence-corrected chi connectivity index (χ2v) is 6.05. The van der Waals surface area contributed by atoms with Crippen molar-refractivity contribution in [2.45, 2.75) is 37.7 Å². The van der Waals surface area contributed by atoms with Crippen molar-refractivity contribution in [3.8, 4) is 0 Å². The van der Waals surface area contributed by atoms with Crippen molar-refractivity contribution in [1.82, 2.24) is 4.90 Å². The van der Waals surface area contributed by atoms with Crippen LogP contribution in [0.5, 0.6) is 0 Å². The van der Waals surface area contributed by atoms with E-state index < -0.39 is 5.60 Å². The monoisotopic (exact) mass is 242 g/mol. The van der Waals surface area contributed by atoms with E-state index in [0.717, 1.165) is 38.9 Å². The van der Waals surface area contributed by atoms with Crippen molar-refractivity contribution in [2.75, 3.05) is 39.9 Å². The van der Waals surface area contributed by atoms with Crippen molar-refractivity contribution < 1.29 is 9.84 Å². The van der Waals surface area contributed by atoms with E-state index in [9.17, 15) is 5.11 Å². The zero-order valence-electron chi connectivity index (χ0n) is 11.0. The first-order chi connectivity index (χ1) is 8.08. The van der Waals surface area contributed by atoms with E-state index in [-0.39, 0.29) is 0 Å². The molecule has 4 nitrogen and oxygen atoms in total. The van der Waals surface area contributed by atoms with Gasteiger partial charge in [-0.2, -0.15) is 0 Å². The summed E-state index contributed by atoms with van der Waals surface area (Å²) in [4.78, 5) is 2.29. The third-order valence-electron chi connectivity index (χ3n) is 4.22. The summed E-state index contributed by atoms with van der Waals surface area (Å²) in [6.45, 7) is 4.01. The summed E-state index contributed by atoms with van der Waals surface area (Å²) in [5, 5.41) is 10.4. The van der Waals surface area contributed by atoms with Crippen molar-refractivity contribution in [2.24, 2.45) is 11.1 Å². The van der Waals surface area contributed by atoms with Gasteiger partial charge in [-0.1, -0.05) is 0 Å². The highest BCUT2D eigenvalue weighted by Gasteiger charge is 2.43. The van der Waals surface area contributed by atoms with Gasteiger partial charge in [-0.25, -0.2) is 0 Å². The molecule has 0 radical (unpaired) electrons. The lowest BCUT2D eigenvalue weighted by Crippen LogP contribution is -2.47. The van der Waals surface area contributed by atoms with Crippen LogP contribution >= 0.6 is 0 Å². The summed E-state index contributed by atoms with van der Waals surface area (Å²) in [6.07, 6.45) is 5.26. The van der Waals surface area contributed by atoms with Crippen LogP contribution in [0.2, 0.25) is 0 Å². The SMILES string of the molecule is CN(CC1(O)CCOCC1)CC1(CCN)CC1. The van der Waals surface area contributed by atoms with Crippen molar-refractivity contribution in [3.63, 3.8) is 0 Å². The summed E-state index contributed by atoms with van der Waals surface area (Å²) >= 11 is 0. The number of ether oxygens (including phenoxy) is 1. The Morgan fingerprint density at radius 3 is 2.35 bits per heavy atom. The first kappa shape index (κ1) is 13.3. The Balaban J connectivity index is 1.78. The molecule has 0 spiro atoms. The van der Waals surface area contributed by atoms with Gasteiger partial charge in [0.05, 0.1) is 5.60 Å². The molecule has 3 N–H and O–H groups in total. The minimum Gasteiger partial charge on any atom is -0.388 e. The minimum atomic E-state index is -0.536. The average molecular weight is 242 g/mol. The van der Waals surface area contributed by atoms with Crippen LogP contribution in [-0.2, 0) is 4.74 Å². The Morgan fingerprint density at radius 2 is 1.82 bits per heavy atom. The van der Waals surface area contributed by atoms with E-state index in [4.69, 9.17) is 10.5 Å². The van der Waals surface area contributed by atoms with Crippen LogP contribution in [-0.4, -0.2) is 55.5 Å². The topological polar surface area (TPSA) is 58.7 Å². The molecule has 0 amide bonds.